The summed E-state index contributed by atoms with van der Waals surface area (Å²) in [4.78, 5) is 12.1. The van der Waals surface area contributed by atoms with Gasteiger partial charge in [0, 0.05) is 28.1 Å². The summed E-state index contributed by atoms with van der Waals surface area (Å²) in [6.07, 6.45) is 1.05. The molecule has 0 aliphatic carbocycles. The van der Waals surface area contributed by atoms with E-state index in [1.54, 1.807) is 20.1 Å². The summed E-state index contributed by atoms with van der Waals surface area (Å²) < 4.78 is 25.3. The normalized spacial score (nSPS) is 15.9. The fourth-order valence-electron chi connectivity index (χ4n) is 3.74. The molecule has 1 aromatic heterocycles. The molecule has 0 spiro atoms. The highest BCUT2D eigenvalue weighted by Crippen LogP contribution is 2.31. The second kappa shape index (κ2) is 9.70. The molecule has 8 heteroatoms. The molecule has 1 unspecified atom stereocenters. The molecule has 1 fully saturated rings. The SMILES string of the molecule is CCOC(=O)Cc1ccc(OC)cc1OCc1c2cc(Br)ccc2nn1C1CCOC1. The third kappa shape index (κ3) is 4.85. The number of hydrogen-bond donors (Lipinski definition) is 0. The Hall–Kier alpha value is -2.58. The number of fused-ring (bicyclic) bond motifs is 1. The molecule has 1 aliphatic rings. The highest BCUT2D eigenvalue weighted by molar-refractivity contribution is 9.10. The first-order valence-electron chi connectivity index (χ1n) is 10.3. The van der Waals surface area contributed by atoms with E-state index in [-0.39, 0.29) is 18.4 Å². The van der Waals surface area contributed by atoms with Crippen LogP contribution in [0.5, 0.6) is 11.5 Å². The van der Waals surface area contributed by atoms with Crippen LogP contribution in [0.4, 0.5) is 0 Å². The number of carbonyl (C=O) groups excluding carboxylic acids is 1. The summed E-state index contributed by atoms with van der Waals surface area (Å²) in [7, 11) is 1.60. The van der Waals surface area contributed by atoms with Crippen molar-refractivity contribution in [2.75, 3.05) is 26.9 Å². The molecule has 2 aromatic carbocycles. The summed E-state index contributed by atoms with van der Waals surface area (Å²) in [5, 5.41) is 5.84. The minimum atomic E-state index is -0.292. The van der Waals surface area contributed by atoms with Gasteiger partial charge in [0.1, 0.15) is 18.1 Å². The third-order valence-electron chi connectivity index (χ3n) is 5.29. The predicted octanol–water partition coefficient (Wildman–Crippen LogP) is 4.45. The Morgan fingerprint density at radius 2 is 2.16 bits per heavy atom. The molecular weight excluding hydrogens is 464 g/mol. The van der Waals surface area contributed by atoms with Gasteiger partial charge in [-0.05, 0) is 37.6 Å². The van der Waals surface area contributed by atoms with Crippen molar-refractivity contribution >= 4 is 32.8 Å². The molecule has 0 bridgehead atoms. The lowest BCUT2D eigenvalue weighted by atomic mass is 10.1. The number of hydrogen-bond acceptors (Lipinski definition) is 6. The first kappa shape index (κ1) is 21.6. The van der Waals surface area contributed by atoms with Crippen LogP contribution in [-0.4, -0.2) is 42.7 Å². The fraction of sp³-hybridized carbons (Fsp3) is 0.391. The van der Waals surface area contributed by atoms with Crippen LogP contribution in [-0.2, 0) is 27.3 Å². The topological polar surface area (TPSA) is 71.8 Å². The number of esters is 1. The molecule has 0 N–H and O–H groups in total. The van der Waals surface area contributed by atoms with E-state index >= 15 is 0 Å². The molecule has 7 nitrogen and oxygen atoms in total. The van der Waals surface area contributed by atoms with Crippen LogP contribution < -0.4 is 9.47 Å². The number of carbonyl (C=O) groups is 1. The van der Waals surface area contributed by atoms with E-state index < -0.39 is 0 Å². The molecule has 1 saturated heterocycles. The molecule has 1 atom stereocenters. The summed E-state index contributed by atoms with van der Waals surface area (Å²) in [5.41, 5.74) is 2.63. The van der Waals surface area contributed by atoms with Gasteiger partial charge in [0.15, 0.2) is 0 Å². The smallest absolute Gasteiger partial charge is 0.310 e. The summed E-state index contributed by atoms with van der Waals surface area (Å²) in [6, 6.07) is 11.6. The van der Waals surface area contributed by atoms with Gasteiger partial charge in [-0.1, -0.05) is 22.0 Å². The van der Waals surface area contributed by atoms with Crippen LogP contribution in [0, 0.1) is 0 Å². The van der Waals surface area contributed by atoms with Gasteiger partial charge in [0.2, 0.25) is 0 Å². The Kier molecular flexibility index (Phi) is 6.77. The van der Waals surface area contributed by atoms with Crippen molar-refractivity contribution in [1.29, 1.82) is 0 Å². The zero-order valence-electron chi connectivity index (χ0n) is 17.6. The van der Waals surface area contributed by atoms with E-state index in [1.165, 1.54) is 0 Å². The lowest BCUT2D eigenvalue weighted by molar-refractivity contribution is -0.142. The molecule has 31 heavy (non-hydrogen) atoms. The van der Waals surface area contributed by atoms with Gasteiger partial charge < -0.3 is 18.9 Å². The van der Waals surface area contributed by atoms with E-state index in [9.17, 15) is 4.79 Å². The van der Waals surface area contributed by atoms with E-state index in [2.05, 4.69) is 22.0 Å². The number of methoxy groups -OCH3 is 1. The Labute approximate surface area is 189 Å². The quantitative estimate of drug-likeness (QED) is 0.436. The summed E-state index contributed by atoms with van der Waals surface area (Å²) in [6.45, 7) is 3.79. The minimum absolute atomic E-state index is 0.134. The zero-order valence-corrected chi connectivity index (χ0v) is 19.2. The third-order valence-corrected chi connectivity index (χ3v) is 5.79. The molecule has 2 heterocycles. The van der Waals surface area contributed by atoms with Crippen LogP contribution in [0.1, 0.15) is 30.6 Å². The zero-order chi connectivity index (χ0) is 21.8. The molecule has 4 rings (SSSR count). The number of nitrogens with zero attached hydrogens (tertiary/aromatic N) is 2. The van der Waals surface area contributed by atoms with Gasteiger partial charge >= 0.3 is 5.97 Å². The number of rotatable bonds is 8. The Balaban J connectivity index is 1.66. The molecular formula is C23H25BrN2O5. The lowest BCUT2D eigenvalue weighted by Gasteiger charge is -2.16. The van der Waals surface area contributed by atoms with Crippen LogP contribution in [0.25, 0.3) is 10.9 Å². The van der Waals surface area contributed by atoms with Crippen LogP contribution >= 0.6 is 15.9 Å². The number of benzene rings is 2. The van der Waals surface area contributed by atoms with E-state index in [0.717, 1.165) is 39.7 Å². The van der Waals surface area contributed by atoms with Crippen molar-refractivity contribution in [1.82, 2.24) is 9.78 Å². The molecule has 164 valence electrons. The Bertz CT molecular complexity index is 1080. The van der Waals surface area contributed by atoms with Crippen molar-refractivity contribution in [2.24, 2.45) is 0 Å². The van der Waals surface area contributed by atoms with E-state index in [1.807, 2.05) is 28.9 Å². The van der Waals surface area contributed by atoms with E-state index in [0.29, 0.717) is 31.3 Å². The van der Waals surface area contributed by atoms with Gasteiger partial charge in [-0.3, -0.25) is 9.48 Å². The van der Waals surface area contributed by atoms with Gasteiger partial charge in [0.05, 0.1) is 44.0 Å². The van der Waals surface area contributed by atoms with E-state index in [4.69, 9.17) is 24.0 Å². The summed E-state index contributed by atoms with van der Waals surface area (Å²) in [5.74, 6) is 0.957. The maximum atomic E-state index is 12.1. The minimum Gasteiger partial charge on any atom is -0.497 e. The number of halogens is 1. The largest absolute Gasteiger partial charge is 0.497 e. The van der Waals surface area contributed by atoms with Crippen molar-refractivity contribution < 1.29 is 23.7 Å². The van der Waals surface area contributed by atoms with Crippen LogP contribution in [0.3, 0.4) is 0 Å². The Morgan fingerprint density at radius 3 is 2.90 bits per heavy atom. The highest BCUT2D eigenvalue weighted by Gasteiger charge is 2.24. The van der Waals surface area contributed by atoms with Crippen molar-refractivity contribution in [3.05, 3.63) is 52.1 Å². The fourth-order valence-corrected chi connectivity index (χ4v) is 4.10. The average Bonchev–Trinajstić information content (AvgIpc) is 3.41. The maximum Gasteiger partial charge on any atom is 0.310 e. The van der Waals surface area contributed by atoms with Gasteiger partial charge in [-0.25, -0.2) is 0 Å². The Morgan fingerprint density at radius 1 is 1.29 bits per heavy atom. The standard InChI is InChI=1S/C23H25BrN2O5/c1-3-30-23(27)10-15-4-6-18(28-2)12-22(15)31-14-21-19-11-16(24)5-7-20(19)25-26(21)17-8-9-29-13-17/h4-7,11-12,17H,3,8-10,13-14H2,1-2H3. The molecule has 0 amide bonds. The monoisotopic (exact) mass is 488 g/mol. The molecule has 1 aliphatic heterocycles. The van der Waals surface area contributed by atoms with Crippen LogP contribution in [0.2, 0.25) is 0 Å². The molecule has 3 aromatic rings. The molecule has 0 saturated carbocycles. The second-order valence-electron chi connectivity index (χ2n) is 7.31. The second-order valence-corrected chi connectivity index (χ2v) is 8.23. The van der Waals surface area contributed by atoms with Crippen molar-refractivity contribution in [3.8, 4) is 11.5 Å². The average molecular weight is 489 g/mol. The summed E-state index contributed by atoms with van der Waals surface area (Å²) >= 11 is 3.56. The van der Waals surface area contributed by atoms with Gasteiger partial charge in [0.25, 0.3) is 0 Å². The number of aromatic nitrogens is 2. The first-order chi connectivity index (χ1) is 15.1. The maximum absolute atomic E-state index is 12.1. The van der Waals surface area contributed by atoms with Gasteiger partial charge in [-0.15, -0.1) is 0 Å². The van der Waals surface area contributed by atoms with Gasteiger partial charge in [-0.2, -0.15) is 5.10 Å². The van der Waals surface area contributed by atoms with Crippen LogP contribution in [0.15, 0.2) is 40.9 Å². The first-order valence-corrected chi connectivity index (χ1v) is 11.1. The highest BCUT2D eigenvalue weighted by atomic mass is 79.9. The van der Waals surface area contributed by atoms with Crippen molar-refractivity contribution in [2.45, 2.75) is 32.4 Å². The van der Waals surface area contributed by atoms with Crippen molar-refractivity contribution in [3.63, 3.8) is 0 Å². The lowest BCUT2D eigenvalue weighted by Crippen LogP contribution is -2.15. The predicted molar refractivity (Wildman–Crippen MR) is 120 cm³/mol. The molecule has 0 radical (unpaired) electrons. The number of ether oxygens (including phenoxy) is 4.